The van der Waals surface area contributed by atoms with Crippen LogP contribution in [0.1, 0.15) is 23.1 Å². The van der Waals surface area contributed by atoms with E-state index in [1.165, 1.54) is 10.2 Å². The van der Waals surface area contributed by atoms with Crippen LogP contribution in [0.5, 0.6) is 0 Å². The largest absolute Gasteiger partial charge is 0.379 e. The molecule has 0 aliphatic carbocycles. The second kappa shape index (κ2) is 8.86. The van der Waals surface area contributed by atoms with Crippen molar-refractivity contribution >= 4 is 28.3 Å². The topological polar surface area (TPSA) is 59.4 Å². The third kappa shape index (κ3) is 4.11. The molecule has 1 aliphatic heterocycles. The maximum atomic E-state index is 12.8. The molecule has 0 unspecified atom stereocenters. The quantitative estimate of drug-likeness (QED) is 0.692. The summed E-state index contributed by atoms with van der Waals surface area (Å²) in [7, 11) is 0. The summed E-state index contributed by atoms with van der Waals surface area (Å²) in [6, 6.07) is 9.98. The predicted molar refractivity (Wildman–Crippen MR) is 112 cm³/mol. The highest BCUT2D eigenvalue weighted by atomic mass is 32.1. The van der Waals surface area contributed by atoms with Crippen molar-refractivity contribution in [3.05, 3.63) is 51.8 Å². The van der Waals surface area contributed by atoms with Gasteiger partial charge in [-0.25, -0.2) is 4.79 Å². The van der Waals surface area contributed by atoms with Crippen molar-refractivity contribution in [3.63, 3.8) is 0 Å². The molecule has 1 saturated heterocycles. The Labute approximate surface area is 169 Å². The van der Waals surface area contributed by atoms with Gasteiger partial charge < -0.3 is 10.1 Å². The van der Waals surface area contributed by atoms with E-state index in [1.54, 1.807) is 11.3 Å². The van der Waals surface area contributed by atoms with Gasteiger partial charge in [-0.15, -0.1) is 11.3 Å². The molecule has 148 valence electrons. The minimum atomic E-state index is -0.177. The Bertz CT molecular complexity index is 929. The maximum absolute atomic E-state index is 12.8. The fourth-order valence-electron chi connectivity index (χ4n) is 3.68. The van der Waals surface area contributed by atoms with Crippen LogP contribution in [-0.4, -0.2) is 53.6 Å². The summed E-state index contributed by atoms with van der Waals surface area (Å²) in [6.45, 7) is 7.11. The molecule has 4 rings (SSSR count). The first-order chi connectivity index (χ1) is 13.8. The Morgan fingerprint density at radius 3 is 2.86 bits per heavy atom. The van der Waals surface area contributed by atoms with Crippen molar-refractivity contribution in [3.8, 4) is 0 Å². The number of aromatic nitrogens is 2. The third-order valence-electron chi connectivity index (χ3n) is 5.20. The van der Waals surface area contributed by atoms with Gasteiger partial charge in [0.05, 0.1) is 31.0 Å². The van der Waals surface area contributed by atoms with Crippen molar-refractivity contribution < 1.29 is 9.53 Å². The molecule has 1 amide bonds. The van der Waals surface area contributed by atoms with E-state index in [-0.39, 0.29) is 6.03 Å². The highest BCUT2D eigenvalue weighted by Crippen LogP contribution is 2.24. The third-order valence-corrected chi connectivity index (χ3v) is 6.08. The lowest BCUT2D eigenvalue weighted by Crippen LogP contribution is -2.37. The van der Waals surface area contributed by atoms with Gasteiger partial charge in [0, 0.05) is 36.3 Å². The molecule has 0 atom stereocenters. The predicted octanol–water partition coefficient (Wildman–Crippen LogP) is 3.29. The Kier molecular flexibility index (Phi) is 6.04. The molecule has 1 fully saturated rings. The number of ether oxygens (including phenoxy) is 1. The number of thiophene rings is 1. The van der Waals surface area contributed by atoms with E-state index < -0.39 is 0 Å². The molecule has 0 radical (unpaired) electrons. The van der Waals surface area contributed by atoms with Gasteiger partial charge in [0.1, 0.15) is 0 Å². The van der Waals surface area contributed by atoms with Gasteiger partial charge in [0.15, 0.2) is 0 Å². The summed E-state index contributed by atoms with van der Waals surface area (Å²) >= 11 is 1.64. The molecule has 7 heteroatoms. The number of nitrogens with zero attached hydrogens (tertiary/aromatic N) is 3. The fraction of sp³-hybridized carbons (Fsp3) is 0.429. The van der Waals surface area contributed by atoms with E-state index in [4.69, 9.17) is 9.84 Å². The average Bonchev–Trinajstić information content (AvgIpc) is 3.39. The van der Waals surface area contributed by atoms with E-state index in [9.17, 15) is 4.79 Å². The molecule has 3 aromatic rings. The van der Waals surface area contributed by atoms with Crippen molar-refractivity contribution in [2.45, 2.75) is 26.3 Å². The number of carbonyl (C=O) groups excluding carboxylic acids is 1. The number of hydrogen-bond acceptors (Lipinski definition) is 5. The van der Waals surface area contributed by atoms with Crippen LogP contribution in [-0.2, 0) is 24.1 Å². The first-order valence-corrected chi connectivity index (χ1v) is 10.7. The number of nitrogens with one attached hydrogen (secondary N) is 1. The fourth-order valence-corrected chi connectivity index (χ4v) is 4.33. The van der Waals surface area contributed by atoms with Crippen LogP contribution in [0, 0.1) is 0 Å². The van der Waals surface area contributed by atoms with Gasteiger partial charge in [-0.3, -0.25) is 4.90 Å². The number of rotatable bonds is 6. The van der Waals surface area contributed by atoms with Crippen molar-refractivity contribution in [2.24, 2.45) is 0 Å². The number of hydrogen-bond donors (Lipinski definition) is 1. The number of amides is 1. The molecule has 28 heavy (non-hydrogen) atoms. The van der Waals surface area contributed by atoms with E-state index in [0.717, 1.165) is 67.2 Å². The number of benzene rings is 1. The van der Waals surface area contributed by atoms with Crippen LogP contribution < -0.4 is 5.32 Å². The SMILES string of the molecule is CCc1cccc2c1c(CCN1CCOCC1)nn2C(=O)NCc1cccs1. The Morgan fingerprint density at radius 1 is 1.25 bits per heavy atom. The summed E-state index contributed by atoms with van der Waals surface area (Å²) in [5.74, 6) is 0. The molecule has 6 nitrogen and oxygen atoms in total. The summed E-state index contributed by atoms with van der Waals surface area (Å²) in [5.41, 5.74) is 3.14. The maximum Gasteiger partial charge on any atom is 0.342 e. The zero-order valence-corrected chi connectivity index (χ0v) is 17.0. The lowest BCUT2D eigenvalue weighted by Gasteiger charge is -2.26. The van der Waals surface area contributed by atoms with Crippen LogP contribution in [0.2, 0.25) is 0 Å². The van der Waals surface area contributed by atoms with Crippen molar-refractivity contribution in [1.29, 1.82) is 0 Å². The standard InChI is InChI=1S/C21H26N4O2S/c1-2-16-5-3-7-19-20(16)18(8-9-24-10-12-27-13-11-24)23-25(19)21(26)22-15-17-6-4-14-28-17/h3-7,14H,2,8-13,15H2,1H3,(H,22,26). The molecule has 0 spiro atoms. The number of fused-ring (bicyclic) bond motifs is 1. The summed E-state index contributed by atoms with van der Waals surface area (Å²) < 4.78 is 6.98. The second-order valence-electron chi connectivity index (χ2n) is 6.97. The Balaban J connectivity index is 1.58. The Morgan fingerprint density at radius 2 is 2.11 bits per heavy atom. The van der Waals surface area contributed by atoms with E-state index in [0.29, 0.717) is 6.54 Å². The molecule has 1 aromatic carbocycles. The van der Waals surface area contributed by atoms with Gasteiger partial charge in [0.2, 0.25) is 0 Å². The van der Waals surface area contributed by atoms with Crippen LogP contribution >= 0.6 is 11.3 Å². The molecular weight excluding hydrogens is 372 g/mol. The zero-order chi connectivity index (χ0) is 19.3. The minimum Gasteiger partial charge on any atom is -0.379 e. The highest BCUT2D eigenvalue weighted by Gasteiger charge is 2.19. The molecular formula is C21H26N4O2S. The lowest BCUT2D eigenvalue weighted by molar-refractivity contribution is 0.0383. The first-order valence-electron chi connectivity index (χ1n) is 9.86. The van der Waals surface area contributed by atoms with Crippen LogP contribution in [0.4, 0.5) is 4.79 Å². The highest BCUT2D eigenvalue weighted by molar-refractivity contribution is 7.09. The second-order valence-corrected chi connectivity index (χ2v) is 8.00. The zero-order valence-electron chi connectivity index (χ0n) is 16.2. The summed E-state index contributed by atoms with van der Waals surface area (Å²) in [5, 5.41) is 10.9. The number of morpholine rings is 1. The van der Waals surface area contributed by atoms with Gasteiger partial charge in [-0.1, -0.05) is 25.1 Å². The van der Waals surface area contributed by atoms with Crippen molar-refractivity contribution in [2.75, 3.05) is 32.8 Å². The first kappa shape index (κ1) is 19.1. The van der Waals surface area contributed by atoms with Gasteiger partial charge in [-0.2, -0.15) is 9.78 Å². The number of carbonyl (C=O) groups is 1. The van der Waals surface area contributed by atoms with E-state index in [1.807, 2.05) is 29.6 Å². The normalized spacial score (nSPS) is 15.2. The summed E-state index contributed by atoms with van der Waals surface area (Å²) in [4.78, 5) is 16.4. The van der Waals surface area contributed by atoms with Crippen LogP contribution in [0.25, 0.3) is 10.9 Å². The molecule has 3 heterocycles. The van der Waals surface area contributed by atoms with Gasteiger partial charge >= 0.3 is 6.03 Å². The smallest absolute Gasteiger partial charge is 0.342 e. The number of aryl methyl sites for hydroxylation is 1. The van der Waals surface area contributed by atoms with E-state index in [2.05, 4.69) is 23.2 Å². The molecule has 1 N–H and O–H groups in total. The van der Waals surface area contributed by atoms with Gasteiger partial charge in [-0.05, 0) is 29.5 Å². The van der Waals surface area contributed by atoms with Crippen molar-refractivity contribution in [1.82, 2.24) is 20.0 Å². The van der Waals surface area contributed by atoms with Gasteiger partial charge in [0.25, 0.3) is 0 Å². The minimum absolute atomic E-state index is 0.177. The molecule has 0 saturated carbocycles. The molecule has 1 aliphatic rings. The molecule has 0 bridgehead atoms. The monoisotopic (exact) mass is 398 g/mol. The summed E-state index contributed by atoms with van der Waals surface area (Å²) in [6.07, 6.45) is 1.75. The Hall–Kier alpha value is -2.22. The lowest BCUT2D eigenvalue weighted by atomic mass is 10.0. The van der Waals surface area contributed by atoms with Crippen LogP contribution in [0.15, 0.2) is 35.7 Å². The van der Waals surface area contributed by atoms with E-state index >= 15 is 0 Å². The molecule has 2 aromatic heterocycles. The average molecular weight is 399 g/mol. The van der Waals surface area contributed by atoms with Crippen LogP contribution in [0.3, 0.4) is 0 Å².